The summed E-state index contributed by atoms with van der Waals surface area (Å²) in [5.74, 6) is 0.927. The highest BCUT2D eigenvalue weighted by atomic mass is 16.1. The van der Waals surface area contributed by atoms with E-state index in [1.165, 1.54) is 6.33 Å². The molecule has 27 heavy (non-hydrogen) atoms. The largest absolute Gasteiger partial charge is 0.354 e. The van der Waals surface area contributed by atoms with Crippen molar-refractivity contribution < 1.29 is 4.79 Å². The fourth-order valence-electron chi connectivity index (χ4n) is 2.61. The molecule has 0 bridgehead atoms. The van der Waals surface area contributed by atoms with E-state index in [0.29, 0.717) is 22.9 Å². The molecular weight excluding hydrogens is 342 g/mol. The van der Waals surface area contributed by atoms with Crippen molar-refractivity contribution in [2.24, 2.45) is 5.92 Å². The number of nitrogens with one attached hydrogen (secondary N) is 3. The van der Waals surface area contributed by atoms with E-state index in [4.69, 9.17) is 4.98 Å². The van der Waals surface area contributed by atoms with Crippen LogP contribution in [0.3, 0.4) is 0 Å². The maximum atomic E-state index is 12.1. The van der Waals surface area contributed by atoms with Crippen LogP contribution in [0.15, 0.2) is 6.33 Å². The summed E-state index contributed by atoms with van der Waals surface area (Å²) in [5, 5.41) is 9.70. The molecule has 0 aliphatic carbocycles. The second kappa shape index (κ2) is 7.80. The van der Waals surface area contributed by atoms with Crippen molar-refractivity contribution in [3.63, 3.8) is 0 Å². The van der Waals surface area contributed by atoms with Gasteiger partial charge in [0.2, 0.25) is 11.9 Å². The molecule has 1 amide bonds. The zero-order valence-corrected chi connectivity index (χ0v) is 17.8. The number of carbonyl (C=O) groups is 1. The van der Waals surface area contributed by atoms with Gasteiger partial charge in [-0.1, -0.05) is 13.8 Å². The summed E-state index contributed by atoms with van der Waals surface area (Å²) < 4.78 is 2.05. The lowest BCUT2D eigenvalue weighted by Gasteiger charge is -2.25. The number of amides is 1. The molecule has 0 unspecified atom stereocenters. The third-order valence-electron chi connectivity index (χ3n) is 3.94. The summed E-state index contributed by atoms with van der Waals surface area (Å²) in [6.45, 7) is 17.9. The average Bonchev–Trinajstić information content (AvgIpc) is 2.90. The number of nitrogens with zero attached hydrogens (tertiary/aromatic N) is 4. The summed E-state index contributed by atoms with van der Waals surface area (Å²) in [6, 6.07) is 0. The highest BCUT2D eigenvalue weighted by Crippen LogP contribution is 2.29. The Labute approximate surface area is 161 Å². The van der Waals surface area contributed by atoms with Crippen LogP contribution in [0.5, 0.6) is 0 Å². The Kier molecular flexibility index (Phi) is 6.09. The van der Waals surface area contributed by atoms with Gasteiger partial charge in [0.25, 0.3) is 0 Å². The maximum Gasteiger partial charge on any atom is 0.228 e. The Hall–Kier alpha value is -2.22. The van der Waals surface area contributed by atoms with Crippen LogP contribution in [0.2, 0.25) is 0 Å². The van der Waals surface area contributed by atoms with E-state index >= 15 is 0 Å². The molecule has 3 N–H and O–H groups in total. The molecule has 0 atom stereocenters. The molecule has 0 saturated carbocycles. The standard InChI is InChI=1S/C19H33N7O/c1-12(2)16(27)25-14-13-15(22-11-21-14)26(19(6,7)8)17(24-13)20-9-10-23-18(3,4)5/h11-12,23H,9-10H2,1-8H3,(H,20,24)(H,21,22,25,27). The smallest absolute Gasteiger partial charge is 0.228 e. The molecule has 2 heterocycles. The fourth-order valence-corrected chi connectivity index (χ4v) is 2.61. The molecule has 8 nitrogen and oxygen atoms in total. The first-order valence-electron chi connectivity index (χ1n) is 9.44. The first kappa shape index (κ1) is 21.1. The molecule has 8 heteroatoms. The molecule has 0 radical (unpaired) electrons. The maximum absolute atomic E-state index is 12.1. The minimum atomic E-state index is -0.234. The van der Waals surface area contributed by atoms with Crippen LogP contribution in [0, 0.1) is 5.92 Å². The molecule has 2 aromatic rings. The van der Waals surface area contributed by atoms with Gasteiger partial charge in [0, 0.05) is 30.1 Å². The minimum Gasteiger partial charge on any atom is -0.354 e. The van der Waals surface area contributed by atoms with Gasteiger partial charge in [-0.3, -0.25) is 9.36 Å². The lowest BCUT2D eigenvalue weighted by atomic mass is 10.1. The molecule has 0 saturated heterocycles. The third kappa shape index (κ3) is 5.38. The average molecular weight is 376 g/mol. The second-order valence-corrected chi connectivity index (χ2v) is 9.08. The van der Waals surface area contributed by atoms with Crippen molar-refractivity contribution in [3.8, 4) is 0 Å². The Bertz CT molecular complexity index is 797. The van der Waals surface area contributed by atoms with Crippen LogP contribution in [0.1, 0.15) is 55.4 Å². The van der Waals surface area contributed by atoms with E-state index in [1.807, 2.05) is 18.4 Å². The van der Waals surface area contributed by atoms with Gasteiger partial charge in [-0.15, -0.1) is 0 Å². The Morgan fingerprint density at radius 3 is 2.33 bits per heavy atom. The first-order chi connectivity index (χ1) is 12.4. The van der Waals surface area contributed by atoms with Crippen LogP contribution in [-0.2, 0) is 10.3 Å². The summed E-state index contributed by atoms with van der Waals surface area (Å²) in [7, 11) is 0. The molecular formula is C19H33N7O. The molecule has 0 aromatic carbocycles. The number of rotatable bonds is 6. The predicted octanol–water partition coefficient (Wildman–Crippen LogP) is 2.98. The van der Waals surface area contributed by atoms with Crippen molar-refractivity contribution in [1.29, 1.82) is 0 Å². The van der Waals surface area contributed by atoms with E-state index in [2.05, 4.69) is 67.5 Å². The quantitative estimate of drug-likeness (QED) is 0.672. The zero-order chi connectivity index (χ0) is 20.4. The van der Waals surface area contributed by atoms with Gasteiger partial charge in [0.1, 0.15) is 6.33 Å². The van der Waals surface area contributed by atoms with Crippen LogP contribution < -0.4 is 16.0 Å². The van der Waals surface area contributed by atoms with Gasteiger partial charge in [0.15, 0.2) is 17.0 Å². The third-order valence-corrected chi connectivity index (χ3v) is 3.94. The van der Waals surface area contributed by atoms with E-state index in [1.54, 1.807) is 0 Å². The number of aromatic nitrogens is 4. The van der Waals surface area contributed by atoms with Gasteiger partial charge in [-0.2, -0.15) is 0 Å². The summed E-state index contributed by atoms with van der Waals surface area (Å²) in [4.78, 5) is 25.5. The lowest BCUT2D eigenvalue weighted by molar-refractivity contribution is -0.118. The van der Waals surface area contributed by atoms with Crippen molar-refractivity contribution in [2.45, 2.75) is 66.5 Å². The van der Waals surface area contributed by atoms with Crippen LogP contribution in [0.25, 0.3) is 11.2 Å². The number of hydrogen-bond acceptors (Lipinski definition) is 6. The lowest BCUT2D eigenvalue weighted by Crippen LogP contribution is -2.39. The van der Waals surface area contributed by atoms with Crippen molar-refractivity contribution in [2.75, 3.05) is 23.7 Å². The number of imidazole rings is 1. The molecule has 0 aliphatic rings. The minimum absolute atomic E-state index is 0.0611. The molecule has 0 spiro atoms. The van der Waals surface area contributed by atoms with Crippen LogP contribution in [0.4, 0.5) is 11.8 Å². The monoisotopic (exact) mass is 375 g/mol. The highest BCUT2D eigenvalue weighted by molar-refractivity contribution is 5.98. The summed E-state index contributed by atoms with van der Waals surface area (Å²) >= 11 is 0. The van der Waals surface area contributed by atoms with Gasteiger partial charge in [-0.25, -0.2) is 15.0 Å². The Morgan fingerprint density at radius 1 is 1.11 bits per heavy atom. The first-order valence-corrected chi connectivity index (χ1v) is 9.44. The van der Waals surface area contributed by atoms with E-state index in [0.717, 1.165) is 13.1 Å². The number of fused-ring (bicyclic) bond motifs is 1. The number of carbonyl (C=O) groups excluding carboxylic acids is 1. The van der Waals surface area contributed by atoms with E-state index < -0.39 is 0 Å². The zero-order valence-electron chi connectivity index (χ0n) is 17.8. The normalized spacial score (nSPS) is 12.6. The van der Waals surface area contributed by atoms with Gasteiger partial charge in [0.05, 0.1) is 0 Å². The summed E-state index contributed by atoms with van der Waals surface area (Å²) in [5.41, 5.74) is 1.11. The van der Waals surface area contributed by atoms with Crippen molar-refractivity contribution >= 4 is 28.8 Å². The Balaban J connectivity index is 2.37. The highest BCUT2D eigenvalue weighted by Gasteiger charge is 2.25. The SMILES string of the molecule is CC(C)C(=O)Nc1ncnc2c1nc(NCCNC(C)(C)C)n2C(C)(C)C. The van der Waals surface area contributed by atoms with Crippen molar-refractivity contribution in [1.82, 2.24) is 24.8 Å². The van der Waals surface area contributed by atoms with Gasteiger partial charge < -0.3 is 16.0 Å². The molecule has 2 rings (SSSR count). The van der Waals surface area contributed by atoms with E-state index in [9.17, 15) is 4.79 Å². The van der Waals surface area contributed by atoms with Crippen LogP contribution >= 0.6 is 0 Å². The van der Waals surface area contributed by atoms with Crippen molar-refractivity contribution in [3.05, 3.63) is 6.33 Å². The van der Waals surface area contributed by atoms with Gasteiger partial charge in [-0.05, 0) is 41.5 Å². The second-order valence-electron chi connectivity index (χ2n) is 9.08. The number of anilines is 2. The topological polar surface area (TPSA) is 96.8 Å². The number of hydrogen-bond donors (Lipinski definition) is 3. The predicted molar refractivity (Wildman–Crippen MR) is 110 cm³/mol. The van der Waals surface area contributed by atoms with Crippen LogP contribution in [-0.4, -0.2) is 44.1 Å². The van der Waals surface area contributed by atoms with E-state index in [-0.39, 0.29) is 22.9 Å². The molecule has 0 aliphatic heterocycles. The fraction of sp³-hybridized carbons (Fsp3) is 0.684. The molecule has 0 fully saturated rings. The summed E-state index contributed by atoms with van der Waals surface area (Å²) in [6.07, 6.45) is 1.47. The Morgan fingerprint density at radius 2 is 1.78 bits per heavy atom. The molecule has 2 aromatic heterocycles. The molecule has 150 valence electrons. The van der Waals surface area contributed by atoms with Gasteiger partial charge >= 0.3 is 0 Å².